The molecule has 0 atom stereocenters. The number of aromatic nitrogens is 3. The Balaban J connectivity index is 1.67. The van der Waals surface area contributed by atoms with Gasteiger partial charge in [-0.2, -0.15) is 8.42 Å². The zero-order chi connectivity index (χ0) is 18.9. The van der Waals surface area contributed by atoms with Crippen molar-refractivity contribution in [1.29, 1.82) is 0 Å². The molecule has 134 valence electrons. The SMILES string of the molecule is O=S(=O)(c1ccc(-c2ccccc2)cc1)n1cc(-c2ccccc2Br)nn1. The molecule has 0 aliphatic heterocycles. The third kappa shape index (κ3) is 3.43. The number of hydrogen-bond acceptors (Lipinski definition) is 4. The topological polar surface area (TPSA) is 64.8 Å². The van der Waals surface area contributed by atoms with Crippen molar-refractivity contribution in [2.24, 2.45) is 0 Å². The molecule has 1 aromatic heterocycles. The maximum absolute atomic E-state index is 12.9. The molecule has 0 saturated carbocycles. The minimum Gasteiger partial charge on any atom is -0.199 e. The minimum atomic E-state index is -3.81. The molecule has 0 radical (unpaired) electrons. The molecular weight excluding hydrogens is 426 g/mol. The Bertz CT molecular complexity index is 1190. The van der Waals surface area contributed by atoms with Gasteiger partial charge in [-0.15, -0.1) is 9.19 Å². The fourth-order valence-corrected chi connectivity index (χ4v) is 4.27. The second kappa shape index (κ2) is 7.09. The Morgan fingerprint density at radius 3 is 2.11 bits per heavy atom. The Labute approximate surface area is 165 Å². The Morgan fingerprint density at radius 2 is 1.41 bits per heavy atom. The molecule has 4 aromatic rings. The van der Waals surface area contributed by atoms with Crippen LogP contribution in [0.1, 0.15) is 0 Å². The van der Waals surface area contributed by atoms with Crippen molar-refractivity contribution in [3.63, 3.8) is 0 Å². The van der Waals surface area contributed by atoms with Crippen LogP contribution < -0.4 is 0 Å². The first kappa shape index (κ1) is 17.6. The van der Waals surface area contributed by atoms with Crippen molar-refractivity contribution >= 4 is 26.0 Å². The monoisotopic (exact) mass is 439 g/mol. The van der Waals surface area contributed by atoms with E-state index in [9.17, 15) is 8.42 Å². The van der Waals surface area contributed by atoms with Crippen molar-refractivity contribution < 1.29 is 8.42 Å². The third-order valence-electron chi connectivity index (χ3n) is 4.13. The van der Waals surface area contributed by atoms with Gasteiger partial charge in [-0.3, -0.25) is 0 Å². The molecule has 4 rings (SSSR count). The lowest BCUT2D eigenvalue weighted by Gasteiger charge is -2.05. The maximum Gasteiger partial charge on any atom is 0.284 e. The number of halogens is 1. The molecule has 0 aliphatic carbocycles. The van der Waals surface area contributed by atoms with Crippen molar-refractivity contribution in [3.8, 4) is 22.4 Å². The maximum atomic E-state index is 12.9. The molecule has 5 nitrogen and oxygen atoms in total. The number of benzene rings is 3. The van der Waals surface area contributed by atoms with Crippen LogP contribution in [0.2, 0.25) is 0 Å². The van der Waals surface area contributed by atoms with Crippen LogP contribution in [0.4, 0.5) is 0 Å². The van der Waals surface area contributed by atoms with Gasteiger partial charge in [0.2, 0.25) is 0 Å². The minimum absolute atomic E-state index is 0.158. The first-order valence-electron chi connectivity index (χ1n) is 8.14. The summed E-state index contributed by atoms with van der Waals surface area (Å²) in [6, 6.07) is 24.0. The van der Waals surface area contributed by atoms with E-state index in [-0.39, 0.29) is 4.90 Å². The van der Waals surface area contributed by atoms with E-state index in [0.717, 1.165) is 25.3 Å². The van der Waals surface area contributed by atoms with Crippen LogP contribution in [0.3, 0.4) is 0 Å². The first-order chi connectivity index (χ1) is 13.1. The predicted molar refractivity (Wildman–Crippen MR) is 108 cm³/mol. The van der Waals surface area contributed by atoms with Crippen LogP contribution in [0.25, 0.3) is 22.4 Å². The molecule has 7 heteroatoms. The lowest BCUT2D eigenvalue weighted by atomic mass is 10.1. The molecule has 0 aliphatic rings. The van der Waals surface area contributed by atoms with E-state index in [0.29, 0.717) is 5.69 Å². The molecule has 0 spiro atoms. The van der Waals surface area contributed by atoms with E-state index in [1.807, 2.05) is 54.6 Å². The number of rotatable bonds is 4. The quantitative estimate of drug-likeness (QED) is 0.465. The summed E-state index contributed by atoms with van der Waals surface area (Å²) in [5.41, 5.74) is 3.23. The van der Waals surface area contributed by atoms with Crippen LogP contribution in [-0.4, -0.2) is 22.8 Å². The molecule has 27 heavy (non-hydrogen) atoms. The smallest absolute Gasteiger partial charge is 0.199 e. The number of nitrogens with zero attached hydrogens (tertiary/aromatic N) is 3. The summed E-state index contributed by atoms with van der Waals surface area (Å²) in [5, 5.41) is 7.83. The highest BCUT2D eigenvalue weighted by molar-refractivity contribution is 9.10. The molecule has 0 amide bonds. The van der Waals surface area contributed by atoms with Gasteiger partial charge < -0.3 is 0 Å². The summed E-state index contributed by atoms with van der Waals surface area (Å²) in [4.78, 5) is 0.158. The van der Waals surface area contributed by atoms with Crippen molar-refractivity contribution in [2.45, 2.75) is 4.90 Å². The van der Waals surface area contributed by atoms with Gasteiger partial charge in [-0.1, -0.05) is 81.8 Å². The second-order valence-electron chi connectivity index (χ2n) is 5.85. The normalized spacial score (nSPS) is 11.4. The lowest BCUT2D eigenvalue weighted by molar-refractivity contribution is 0.577. The molecular formula is C20H14BrN3O2S. The largest absolute Gasteiger partial charge is 0.284 e. The van der Waals surface area contributed by atoms with Crippen LogP contribution in [-0.2, 0) is 10.0 Å². The summed E-state index contributed by atoms with van der Waals surface area (Å²) in [6.45, 7) is 0. The van der Waals surface area contributed by atoms with Crippen molar-refractivity contribution in [2.75, 3.05) is 0 Å². The highest BCUT2D eigenvalue weighted by Gasteiger charge is 2.20. The van der Waals surface area contributed by atoms with Crippen molar-refractivity contribution in [1.82, 2.24) is 14.4 Å². The van der Waals surface area contributed by atoms with Gasteiger partial charge in [0.15, 0.2) is 0 Å². The molecule has 0 unspecified atom stereocenters. The predicted octanol–water partition coefficient (Wildman–Crippen LogP) is 4.61. The third-order valence-corrected chi connectivity index (χ3v) is 6.36. The fraction of sp³-hybridized carbons (Fsp3) is 0. The summed E-state index contributed by atoms with van der Waals surface area (Å²) in [6.07, 6.45) is 1.42. The summed E-state index contributed by atoms with van der Waals surface area (Å²) >= 11 is 3.44. The van der Waals surface area contributed by atoms with Crippen molar-refractivity contribution in [3.05, 3.63) is 89.5 Å². The van der Waals surface area contributed by atoms with Crippen LogP contribution in [0.5, 0.6) is 0 Å². The highest BCUT2D eigenvalue weighted by atomic mass is 79.9. The van der Waals surface area contributed by atoms with Crippen LogP contribution >= 0.6 is 15.9 Å². The van der Waals surface area contributed by atoms with Gasteiger partial charge in [0.1, 0.15) is 5.69 Å². The number of hydrogen-bond donors (Lipinski definition) is 0. The standard InChI is InChI=1S/C20H14BrN3O2S/c21-19-9-5-4-8-18(19)20-14-24(23-22-20)27(25,26)17-12-10-16(11-13-17)15-6-2-1-3-7-15/h1-14H. The molecule has 3 aromatic carbocycles. The Hall–Kier alpha value is -2.77. The summed E-state index contributed by atoms with van der Waals surface area (Å²) in [5.74, 6) is 0. The van der Waals surface area contributed by atoms with Gasteiger partial charge in [0, 0.05) is 10.0 Å². The Kier molecular flexibility index (Phi) is 4.63. The van der Waals surface area contributed by atoms with Gasteiger partial charge in [-0.05, 0) is 29.3 Å². The van der Waals surface area contributed by atoms with Crippen LogP contribution in [0.15, 0.2) is 94.4 Å². The molecule has 0 bridgehead atoms. The lowest BCUT2D eigenvalue weighted by Crippen LogP contribution is -2.13. The first-order valence-corrected chi connectivity index (χ1v) is 10.4. The van der Waals surface area contributed by atoms with E-state index in [1.54, 1.807) is 24.3 Å². The summed E-state index contributed by atoms with van der Waals surface area (Å²) in [7, 11) is -3.81. The molecule has 1 heterocycles. The van der Waals surface area contributed by atoms with Gasteiger partial charge in [0.05, 0.1) is 11.1 Å². The van der Waals surface area contributed by atoms with E-state index in [1.165, 1.54) is 6.20 Å². The van der Waals surface area contributed by atoms with E-state index in [2.05, 4.69) is 26.2 Å². The van der Waals surface area contributed by atoms with Gasteiger partial charge >= 0.3 is 0 Å². The average Bonchev–Trinajstić information content (AvgIpc) is 3.20. The Morgan fingerprint density at radius 1 is 0.778 bits per heavy atom. The van der Waals surface area contributed by atoms with E-state index >= 15 is 0 Å². The van der Waals surface area contributed by atoms with Gasteiger partial charge in [0.25, 0.3) is 10.0 Å². The fourth-order valence-electron chi connectivity index (χ4n) is 2.72. The molecule has 0 fully saturated rings. The van der Waals surface area contributed by atoms with Gasteiger partial charge in [-0.25, -0.2) is 0 Å². The van der Waals surface area contributed by atoms with Crippen LogP contribution in [0, 0.1) is 0 Å². The molecule has 0 saturated heterocycles. The second-order valence-corrected chi connectivity index (χ2v) is 8.50. The highest BCUT2D eigenvalue weighted by Crippen LogP contribution is 2.27. The average molecular weight is 440 g/mol. The van der Waals surface area contributed by atoms with E-state index < -0.39 is 10.0 Å². The molecule has 0 N–H and O–H groups in total. The summed E-state index contributed by atoms with van der Waals surface area (Å²) < 4.78 is 27.4. The zero-order valence-electron chi connectivity index (χ0n) is 14.0. The van der Waals surface area contributed by atoms with E-state index in [4.69, 9.17) is 0 Å². The zero-order valence-corrected chi connectivity index (χ0v) is 16.4.